The summed E-state index contributed by atoms with van der Waals surface area (Å²) >= 11 is 11.9. The average Bonchev–Trinajstić information content (AvgIpc) is 2.37. The van der Waals surface area contributed by atoms with E-state index in [0.29, 0.717) is 22.0 Å². The molecule has 104 valence electrons. The Balaban J connectivity index is 2.08. The summed E-state index contributed by atoms with van der Waals surface area (Å²) in [4.78, 5) is 12.2. The van der Waals surface area contributed by atoms with E-state index in [1.165, 1.54) is 16.7 Å². The lowest BCUT2D eigenvalue weighted by Gasteiger charge is -2.07. The van der Waals surface area contributed by atoms with Crippen LogP contribution < -0.4 is 0 Å². The smallest absolute Gasteiger partial charge is 0.164 e. The molecule has 0 heterocycles. The summed E-state index contributed by atoms with van der Waals surface area (Å²) in [6.45, 7) is 4.14. The van der Waals surface area contributed by atoms with Gasteiger partial charge in [0, 0.05) is 17.0 Å². The molecule has 2 aromatic rings. The highest BCUT2D eigenvalue weighted by molar-refractivity contribution is 6.36. The highest BCUT2D eigenvalue weighted by Crippen LogP contribution is 2.23. The maximum absolute atomic E-state index is 12.2. The lowest BCUT2D eigenvalue weighted by Crippen LogP contribution is -2.03. The van der Waals surface area contributed by atoms with Gasteiger partial charge in [-0.2, -0.15) is 0 Å². The first kappa shape index (κ1) is 15.1. The number of Topliss-reactive ketones (excluding diaryl/α,β-unsaturated/α-hetero) is 1. The molecule has 0 unspecified atom stereocenters. The van der Waals surface area contributed by atoms with Crippen molar-refractivity contribution in [1.82, 2.24) is 0 Å². The number of hydrogen-bond acceptors (Lipinski definition) is 1. The molecule has 0 radical (unpaired) electrons. The Kier molecular flexibility index (Phi) is 4.85. The molecule has 0 saturated heterocycles. The molecule has 20 heavy (non-hydrogen) atoms. The Hall–Kier alpha value is -1.31. The number of carbonyl (C=O) groups excluding carboxylic acids is 1. The molecule has 3 heteroatoms. The first-order valence-corrected chi connectivity index (χ1v) is 7.27. The summed E-state index contributed by atoms with van der Waals surface area (Å²) in [5.41, 5.74) is 4.20. The van der Waals surface area contributed by atoms with Crippen molar-refractivity contribution in [2.45, 2.75) is 26.7 Å². The largest absolute Gasteiger partial charge is 0.294 e. The summed E-state index contributed by atoms with van der Waals surface area (Å²) in [7, 11) is 0. The molecule has 0 saturated carbocycles. The highest BCUT2D eigenvalue weighted by atomic mass is 35.5. The summed E-state index contributed by atoms with van der Waals surface area (Å²) in [6.07, 6.45) is 1.18. The average molecular weight is 307 g/mol. The van der Waals surface area contributed by atoms with Crippen LogP contribution in [0.4, 0.5) is 0 Å². The molecule has 0 bridgehead atoms. The third-order valence-electron chi connectivity index (χ3n) is 3.35. The number of benzene rings is 2. The fourth-order valence-corrected chi connectivity index (χ4v) is 2.74. The second-order valence-corrected chi connectivity index (χ2v) is 5.82. The van der Waals surface area contributed by atoms with E-state index >= 15 is 0 Å². The van der Waals surface area contributed by atoms with Gasteiger partial charge in [-0.15, -0.1) is 0 Å². The minimum Gasteiger partial charge on any atom is -0.294 e. The van der Waals surface area contributed by atoms with Gasteiger partial charge in [-0.05, 0) is 49.6 Å². The third-order valence-corrected chi connectivity index (χ3v) is 3.90. The van der Waals surface area contributed by atoms with Crippen LogP contribution in [0.3, 0.4) is 0 Å². The topological polar surface area (TPSA) is 17.1 Å². The van der Waals surface area contributed by atoms with Crippen LogP contribution in [-0.2, 0) is 6.42 Å². The second-order valence-electron chi connectivity index (χ2n) is 4.98. The molecule has 2 aromatic carbocycles. The summed E-state index contributed by atoms with van der Waals surface area (Å²) in [5.74, 6) is 0.0478. The molecule has 0 N–H and O–H groups in total. The van der Waals surface area contributed by atoms with Gasteiger partial charge in [-0.3, -0.25) is 4.79 Å². The van der Waals surface area contributed by atoms with Gasteiger partial charge in [-0.1, -0.05) is 47.0 Å². The van der Waals surface area contributed by atoms with Gasteiger partial charge in [0.1, 0.15) is 0 Å². The quantitative estimate of drug-likeness (QED) is 0.689. The lowest BCUT2D eigenvalue weighted by molar-refractivity contribution is 0.0983. The number of ketones is 1. The third kappa shape index (κ3) is 3.62. The molecule has 0 aliphatic rings. The number of hydrogen-bond donors (Lipinski definition) is 0. The van der Waals surface area contributed by atoms with E-state index in [2.05, 4.69) is 32.0 Å². The van der Waals surface area contributed by atoms with Crippen LogP contribution in [0.2, 0.25) is 10.0 Å². The van der Waals surface area contributed by atoms with Crippen LogP contribution in [0.15, 0.2) is 36.4 Å². The van der Waals surface area contributed by atoms with Crippen LogP contribution in [0.25, 0.3) is 0 Å². The van der Waals surface area contributed by atoms with Crippen LogP contribution in [0, 0.1) is 13.8 Å². The monoisotopic (exact) mass is 306 g/mol. The van der Waals surface area contributed by atoms with E-state index in [1.807, 2.05) is 0 Å². The minimum absolute atomic E-state index is 0.0478. The molecule has 0 amide bonds. The zero-order chi connectivity index (χ0) is 14.7. The zero-order valence-electron chi connectivity index (χ0n) is 11.5. The Morgan fingerprint density at radius 2 is 1.80 bits per heavy atom. The van der Waals surface area contributed by atoms with Gasteiger partial charge in [-0.25, -0.2) is 0 Å². The van der Waals surface area contributed by atoms with Crippen molar-refractivity contribution in [3.05, 3.63) is 68.7 Å². The van der Waals surface area contributed by atoms with Crippen molar-refractivity contribution in [3.8, 4) is 0 Å². The zero-order valence-corrected chi connectivity index (χ0v) is 13.1. The SMILES string of the molecule is Cc1ccc(CCC(=O)c2ccc(Cl)cc2Cl)c(C)c1. The Bertz CT molecular complexity index is 647. The van der Waals surface area contributed by atoms with Crippen molar-refractivity contribution in [2.75, 3.05) is 0 Å². The van der Waals surface area contributed by atoms with E-state index in [0.717, 1.165) is 6.42 Å². The van der Waals surface area contributed by atoms with Gasteiger partial charge < -0.3 is 0 Å². The number of aryl methyl sites for hydroxylation is 3. The lowest BCUT2D eigenvalue weighted by atomic mass is 9.98. The fourth-order valence-electron chi connectivity index (χ4n) is 2.22. The number of carbonyl (C=O) groups is 1. The van der Waals surface area contributed by atoms with Gasteiger partial charge in [0.05, 0.1) is 5.02 Å². The van der Waals surface area contributed by atoms with Crippen molar-refractivity contribution < 1.29 is 4.79 Å². The molecule has 1 nitrogen and oxygen atoms in total. The molecule has 0 aromatic heterocycles. The molecular formula is C17H16Cl2O. The van der Waals surface area contributed by atoms with E-state index in [1.54, 1.807) is 18.2 Å². The first-order chi connectivity index (χ1) is 9.47. The standard InChI is InChI=1S/C17H16Cl2O/c1-11-3-4-13(12(2)9-11)5-8-17(20)15-7-6-14(18)10-16(15)19/h3-4,6-7,9-10H,5,8H2,1-2H3. The van der Waals surface area contributed by atoms with Crippen molar-refractivity contribution in [2.24, 2.45) is 0 Å². The van der Waals surface area contributed by atoms with Gasteiger partial charge in [0.2, 0.25) is 0 Å². The van der Waals surface area contributed by atoms with E-state index in [4.69, 9.17) is 23.2 Å². The van der Waals surface area contributed by atoms with Crippen LogP contribution >= 0.6 is 23.2 Å². The Morgan fingerprint density at radius 3 is 2.45 bits per heavy atom. The molecule has 0 atom stereocenters. The molecule has 2 rings (SSSR count). The fraction of sp³-hybridized carbons (Fsp3) is 0.235. The van der Waals surface area contributed by atoms with Crippen molar-refractivity contribution in [3.63, 3.8) is 0 Å². The Morgan fingerprint density at radius 1 is 1.05 bits per heavy atom. The summed E-state index contributed by atoms with van der Waals surface area (Å²) < 4.78 is 0. The normalized spacial score (nSPS) is 10.6. The van der Waals surface area contributed by atoms with Gasteiger partial charge in [0.15, 0.2) is 5.78 Å². The second kappa shape index (κ2) is 6.43. The van der Waals surface area contributed by atoms with Gasteiger partial charge >= 0.3 is 0 Å². The number of rotatable bonds is 4. The highest BCUT2D eigenvalue weighted by Gasteiger charge is 2.11. The number of halogens is 2. The predicted molar refractivity (Wildman–Crippen MR) is 85.0 cm³/mol. The van der Waals surface area contributed by atoms with E-state index < -0.39 is 0 Å². The van der Waals surface area contributed by atoms with Crippen LogP contribution in [0.1, 0.15) is 33.5 Å². The van der Waals surface area contributed by atoms with E-state index in [-0.39, 0.29) is 5.78 Å². The van der Waals surface area contributed by atoms with Crippen molar-refractivity contribution >= 4 is 29.0 Å². The molecule has 0 spiro atoms. The van der Waals surface area contributed by atoms with Gasteiger partial charge in [0.25, 0.3) is 0 Å². The molecular weight excluding hydrogens is 291 g/mol. The summed E-state index contributed by atoms with van der Waals surface area (Å²) in [6, 6.07) is 11.3. The first-order valence-electron chi connectivity index (χ1n) is 6.52. The van der Waals surface area contributed by atoms with Crippen LogP contribution in [0.5, 0.6) is 0 Å². The predicted octanol–water partition coefficient (Wildman–Crippen LogP) is 5.43. The molecule has 0 aliphatic carbocycles. The minimum atomic E-state index is 0.0478. The molecule has 0 aliphatic heterocycles. The summed E-state index contributed by atoms with van der Waals surface area (Å²) in [5, 5.41) is 0.962. The molecule has 0 fully saturated rings. The van der Waals surface area contributed by atoms with E-state index in [9.17, 15) is 4.79 Å². The Labute approximate surface area is 129 Å². The van der Waals surface area contributed by atoms with Crippen LogP contribution in [-0.4, -0.2) is 5.78 Å². The maximum Gasteiger partial charge on any atom is 0.164 e. The van der Waals surface area contributed by atoms with Crippen molar-refractivity contribution in [1.29, 1.82) is 0 Å². The maximum atomic E-state index is 12.2.